The van der Waals surface area contributed by atoms with Crippen LogP contribution in [0.3, 0.4) is 0 Å². The van der Waals surface area contributed by atoms with E-state index in [1.54, 1.807) is 48.7 Å². The van der Waals surface area contributed by atoms with E-state index in [4.69, 9.17) is 25.8 Å². The number of methoxy groups -OCH3 is 1. The lowest BCUT2D eigenvalue weighted by Gasteiger charge is -2.09. The van der Waals surface area contributed by atoms with Crippen LogP contribution in [0.2, 0.25) is 5.02 Å². The van der Waals surface area contributed by atoms with Crippen molar-refractivity contribution in [2.24, 2.45) is 0 Å². The number of hydrogen-bond acceptors (Lipinski definition) is 6. The van der Waals surface area contributed by atoms with E-state index in [2.05, 4.69) is 20.6 Å². The first kappa shape index (κ1) is 23.7. The van der Waals surface area contributed by atoms with Gasteiger partial charge in [-0.3, -0.25) is 4.79 Å². The van der Waals surface area contributed by atoms with Crippen molar-refractivity contribution in [1.82, 2.24) is 15.3 Å². The molecule has 0 unspecified atom stereocenters. The number of hydrogen-bond donors (Lipinski definition) is 3. The zero-order valence-corrected chi connectivity index (χ0v) is 19.6. The number of aromatic amines is 1. The predicted molar refractivity (Wildman–Crippen MR) is 132 cm³/mol. The van der Waals surface area contributed by atoms with Crippen LogP contribution in [0.5, 0.6) is 23.1 Å². The maximum absolute atomic E-state index is 12.7. The molecular formula is C25H21ClN4O5. The first-order valence-electron chi connectivity index (χ1n) is 10.4. The Morgan fingerprint density at radius 3 is 2.51 bits per heavy atom. The molecule has 0 bridgehead atoms. The third-order valence-electron chi connectivity index (χ3n) is 4.87. The predicted octanol–water partition coefficient (Wildman–Crippen LogP) is 5.50. The highest BCUT2D eigenvalue weighted by molar-refractivity contribution is 6.31. The molecule has 0 saturated heterocycles. The summed E-state index contributed by atoms with van der Waals surface area (Å²) < 4.78 is 16.1. The molecular weight excluding hydrogens is 472 g/mol. The van der Waals surface area contributed by atoms with Crippen molar-refractivity contribution >= 4 is 29.3 Å². The summed E-state index contributed by atoms with van der Waals surface area (Å²) >= 11 is 6.03. The molecule has 0 atom stereocenters. The Morgan fingerprint density at radius 1 is 0.971 bits per heavy atom. The Bertz CT molecular complexity index is 1350. The van der Waals surface area contributed by atoms with Crippen LogP contribution < -0.4 is 24.8 Å². The molecule has 2 heterocycles. The van der Waals surface area contributed by atoms with E-state index in [1.165, 1.54) is 26.4 Å². The summed E-state index contributed by atoms with van der Waals surface area (Å²) in [5.74, 6) is 1.33. The summed E-state index contributed by atoms with van der Waals surface area (Å²) in [4.78, 5) is 31.0. The van der Waals surface area contributed by atoms with Crippen LogP contribution in [0.4, 0.5) is 10.5 Å². The van der Waals surface area contributed by atoms with Crippen LogP contribution in [-0.2, 0) is 0 Å². The molecule has 0 radical (unpaired) electrons. The Morgan fingerprint density at radius 2 is 1.77 bits per heavy atom. The highest BCUT2D eigenvalue weighted by atomic mass is 35.5. The minimum atomic E-state index is -0.620. The molecule has 10 heteroatoms. The third-order valence-corrected chi connectivity index (χ3v) is 5.10. The van der Waals surface area contributed by atoms with E-state index < -0.39 is 6.09 Å². The molecule has 9 nitrogen and oxygen atoms in total. The van der Waals surface area contributed by atoms with Gasteiger partial charge in [-0.25, -0.2) is 9.78 Å². The lowest BCUT2D eigenvalue weighted by molar-refractivity contribution is 0.102. The van der Waals surface area contributed by atoms with E-state index in [1.807, 2.05) is 12.1 Å². The van der Waals surface area contributed by atoms with E-state index in [-0.39, 0.29) is 11.8 Å². The number of pyridine rings is 1. The largest absolute Gasteiger partial charge is 0.495 e. The average molecular weight is 493 g/mol. The number of H-pyrrole nitrogens is 1. The van der Waals surface area contributed by atoms with Gasteiger partial charge in [0.1, 0.15) is 22.9 Å². The number of nitrogens with zero attached hydrogens (tertiary/aromatic N) is 1. The monoisotopic (exact) mass is 492 g/mol. The van der Waals surface area contributed by atoms with Crippen LogP contribution in [0.15, 0.2) is 73.1 Å². The first-order valence-corrected chi connectivity index (χ1v) is 10.8. The van der Waals surface area contributed by atoms with Gasteiger partial charge in [-0.1, -0.05) is 23.7 Å². The van der Waals surface area contributed by atoms with Gasteiger partial charge in [0.05, 0.1) is 12.8 Å². The molecule has 0 aliphatic rings. The van der Waals surface area contributed by atoms with Gasteiger partial charge < -0.3 is 29.8 Å². The Labute approximate surface area is 206 Å². The number of carbonyl (C=O) groups is 2. The van der Waals surface area contributed by atoms with Gasteiger partial charge in [-0.2, -0.15) is 0 Å². The summed E-state index contributed by atoms with van der Waals surface area (Å²) in [6.07, 6.45) is 2.60. The van der Waals surface area contributed by atoms with Crippen molar-refractivity contribution in [3.8, 4) is 34.3 Å². The molecule has 0 saturated carbocycles. The summed E-state index contributed by atoms with van der Waals surface area (Å²) in [7, 11) is 2.98. The van der Waals surface area contributed by atoms with Gasteiger partial charge in [0.2, 0.25) is 5.88 Å². The molecule has 4 rings (SSSR count). The molecule has 3 N–H and O–H groups in total. The molecule has 35 heavy (non-hydrogen) atoms. The number of halogens is 1. The Balaban J connectivity index is 1.43. The van der Waals surface area contributed by atoms with Crippen molar-refractivity contribution < 1.29 is 23.8 Å². The Hall–Kier alpha value is -4.50. The van der Waals surface area contributed by atoms with Crippen molar-refractivity contribution in [2.45, 2.75) is 0 Å². The third kappa shape index (κ3) is 5.90. The number of rotatable bonds is 7. The first-order chi connectivity index (χ1) is 16.9. The van der Waals surface area contributed by atoms with Gasteiger partial charge in [-0.15, -0.1) is 0 Å². The van der Waals surface area contributed by atoms with Crippen LogP contribution >= 0.6 is 11.6 Å². The number of carbonyl (C=O) groups excluding carboxylic acids is 2. The molecule has 0 fully saturated rings. The average Bonchev–Trinajstić information content (AvgIpc) is 3.35. The summed E-state index contributed by atoms with van der Waals surface area (Å²) in [6.45, 7) is 0. The molecule has 2 aromatic heterocycles. The van der Waals surface area contributed by atoms with Crippen LogP contribution in [-0.4, -0.2) is 36.1 Å². The number of aromatic nitrogens is 2. The SMILES string of the molecule is CNC(=O)Oc1cc(Oc2ccc(-c3c[nH]c(C(=O)Nc4cc(Cl)ccc4OC)c3)cc2)ccn1. The smallest absolute Gasteiger partial charge is 0.413 e. The van der Waals surface area contributed by atoms with Crippen molar-refractivity contribution in [2.75, 3.05) is 19.5 Å². The van der Waals surface area contributed by atoms with Gasteiger partial charge in [0.25, 0.3) is 5.91 Å². The number of nitrogens with one attached hydrogen (secondary N) is 3. The molecule has 178 valence electrons. The fourth-order valence-corrected chi connectivity index (χ4v) is 3.34. The summed E-state index contributed by atoms with van der Waals surface area (Å²) in [5.41, 5.74) is 2.56. The molecule has 0 aliphatic carbocycles. The highest BCUT2D eigenvalue weighted by Crippen LogP contribution is 2.30. The zero-order valence-electron chi connectivity index (χ0n) is 18.8. The van der Waals surface area contributed by atoms with E-state index in [0.717, 1.165) is 11.1 Å². The van der Waals surface area contributed by atoms with Crippen LogP contribution in [0, 0.1) is 0 Å². The minimum Gasteiger partial charge on any atom is -0.495 e. The van der Waals surface area contributed by atoms with Crippen molar-refractivity contribution in [1.29, 1.82) is 0 Å². The second-order valence-electron chi connectivity index (χ2n) is 7.20. The number of ether oxygens (including phenoxy) is 3. The van der Waals surface area contributed by atoms with Gasteiger partial charge in [0, 0.05) is 30.5 Å². The number of anilines is 1. The minimum absolute atomic E-state index is 0.118. The topological polar surface area (TPSA) is 115 Å². The molecule has 2 amide bonds. The molecule has 2 aromatic carbocycles. The maximum Gasteiger partial charge on any atom is 0.413 e. The summed E-state index contributed by atoms with van der Waals surface area (Å²) in [6, 6.07) is 17.2. The highest BCUT2D eigenvalue weighted by Gasteiger charge is 2.13. The van der Waals surface area contributed by atoms with E-state index >= 15 is 0 Å². The lowest BCUT2D eigenvalue weighted by atomic mass is 10.1. The Kier molecular flexibility index (Phi) is 7.18. The van der Waals surface area contributed by atoms with Crippen LogP contribution in [0.1, 0.15) is 10.5 Å². The van der Waals surface area contributed by atoms with Gasteiger partial charge in [-0.05, 0) is 53.6 Å². The van der Waals surface area contributed by atoms with E-state index in [0.29, 0.717) is 33.7 Å². The fraction of sp³-hybridized carbons (Fsp3) is 0.0800. The molecule has 0 aliphatic heterocycles. The normalized spacial score (nSPS) is 10.4. The fourth-order valence-electron chi connectivity index (χ4n) is 3.17. The second kappa shape index (κ2) is 10.6. The quantitative estimate of drug-likeness (QED) is 0.314. The van der Waals surface area contributed by atoms with Crippen molar-refractivity contribution in [3.05, 3.63) is 83.8 Å². The van der Waals surface area contributed by atoms with Gasteiger partial charge >= 0.3 is 6.09 Å². The standard InChI is InChI=1S/C25H21ClN4O5/c1-27-25(32)35-23-13-19(9-10-28-23)34-18-6-3-15(4-7-18)16-11-21(29-14-16)24(31)30-20-12-17(26)5-8-22(20)33-2/h3-14,29H,1-2H3,(H,27,32)(H,30,31). The molecule has 0 spiro atoms. The lowest BCUT2D eigenvalue weighted by Crippen LogP contribution is -2.22. The van der Waals surface area contributed by atoms with Crippen LogP contribution in [0.25, 0.3) is 11.1 Å². The van der Waals surface area contributed by atoms with E-state index in [9.17, 15) is 9.59 Å². The molecule has 4 aromatic rings. The summed E-state index contributed by atoms with van der Waals surface area (Å²) in [5, 5.41) is 5.64. The maximum atomic E-state index is 12.7. The van der Waals surface area contributed by atoms with Gasteiger partial charge in [0.15, 0.2) is 0 Å². The second-order valence-corrected chi connectivity index (χ2v) is 7.63. The zero-order chi connectivity index (χ0) is 24.8. The van der Waals surface area contributed by atoms with Crippen molar-refractivity contribution in [3.63, 3.8) is 0 Å². The number of benzene rings is 2. The number of amides is 2.